The van der Waals surface area contributed by atoms with E-state index in [2.05, 4.69) is 26.0 Å². The number of anilines is 1. The van der Waals surface area contributed by atoms with E-state index >= 15 is 0 Å². The molecule has 2 aliphatic rings. The summed E-state index contributed by atoms with van der Waals surface area (Å²) in [5, 5.41) is 12.3. The third-order valence-corrected chi connectivity index (χ3v) is 5.06. The first-order valence-electron chi connectivity index (χ1n) is 7.37. The van der Waals surface area contributed by atoms with Crippen molar-refractivity contribution in [3.8, 4) is 0 Å². The number of nitrogens with zero attached hydrogens (tertiary/aromatic N) is 2. The predicted molar refractivity (Wildman–Crippen MR) is 86.0 cm³/mol. The molecule has 2 atom stereocenters. The van der Waals surface area contributed by atoms with E-state index in [9.17, 15) is 0 Å². The number of fused-ring (bicyclic) bond motifs is 1. The first kappa shape index (κ1) is 14.7. The predicted octanol–water partition coefficient (Wildman–Crippen LogP) is 2.69. The van der Waals surface area contributed by atoms with Crippen molar-refractivity contribution in [1.82, 2.24) is 0 Å². The molecule has 2 fully saturated rings. The van der Waals surface area contributed by atoms with Gasteiger partial charge in [0.05, 0.1) is 24.3 Å². The van der Waals surface area contributed by atoms with Crippen LogP contribution < -0.4 is 10.6 Å². The first-order chi connectivity index (χ1) is 10.2. The third kappa shape index (κ3) is 2.74. The van der Waals surface area contributed by atoms with Gasteiger partial charge in [-0.2, -0.15) is 0 Å². The number of morpholine rings is 1. The van der Waals surface area contributed by atoms with Gasteiger partial charge in [0.15, 0.2) is 5.84 Å². The topological polar surface area (TPSA) is 71.1 Å². The molecule has 21 heavy (non-hydrogen) atoms. The molecule has 1 heterocycles. The van der Waals surface area contributed by atoms with Crippen molar-refractivity contribution in [2.75, 3.05) is 18.1 Å². The summed E-state index contributed by atoms with van der Waals surface area (Å²) in [5.74, 6) is 0.135. The summed E-state index contributed by atoms with van der Waals surface area (Å²) in [5.41, 5.74) is 7.65. The zero-order valence-corrected chi connectivity index (χ0v) is 13.4. The summed E-state index contributed by atoms with van der Waals surface area (Å²) >= 11 is 3.51. The van der Waals surface area contributed by atoms with E-state index in [0.717, 1.165) is 41.7 Å². The fourth-order valence-corrected chi connectivity index (χ4v) is 4.01. The lowest BCUT2D eigenvalue weighted by Crippen LogP contribution is -2.53. The third-order valence-electron chi connectivity index (χ3n) is 4.40. The molecule has 0 spiro atoms. The van der Waals surface area contributed by atoms with Crippen LogP contribution in [0.2, 0.25) is 0 Å². The highest BCUT2D eigenvalue weighted by Crippen LogP contribution is 2.35. The molecule has 2 unspecified atom stereocenters. The van der Waals surface area contributed by atoms with Gasteiger partial charge < -0.3 is 20.6 Å². The number of halogens is 1. The van der Waals surface area contributed by atoms with Crippen LogP contribution in [0.3, 0.4) is 0 Å². The van der Waals surface area contributed by atoms with Gasteiger partial charge in [0.25, 0.3) is 0 Å². The molecule has 0 radical (unpaired) electrons. The Bertz CT molecular complexity index is 548. The molecule has 1 saturated heterocycles. The van der Waals surface area contributed by atoms with Crippen molar-refractivity contribution in [2.45, 2.75) is 37.8 Å². The normalized spacial score (nSPS) is 26.5. The average molecular weight is 354 g/mol. The summed E-state index contributed by atoms with van der Waals surface area (Å²) in [4.78, 5) is 2.37. The molecule has 3 N–H and O–H groups in total. The van der Waals surface area contributed by atoms with Gasteiger partial charge in [0, 0.05) is 16.7 Å². The molecule has 6 heteroatoms. The summed E-state index contributed by atoms with van der Waals surface area (Å²) in [6.07, 6.45) is 5.02. The summed E-state index contributed by atoms with van der Waals surface area (Å²) in [6.45, 7) is 1.56. The van der Waals surface area contributed by atoms with Gasteiger partial charge in [0.2, 0.25) is 0 Å². The summed E-state index contributed by atoms with van der Waals surface area (Å²) in [7, 11) is 0. The molecule has 3 rings (SSSR count). The maximum atomic E-state index is 9.07. The number of nitrogens with two attached hydrogens (primary N) is 1. The van der Waals surface area contributed by atoms with E-state index < -0.39 is 0 Å². The second-order valence-electron chi connectivity index (χ2n) is 5.57. The molecule has 0 amide bonds. The van der Waals surface area contributed by atoms with Crippen molar-refractivity contribution < 1.29 is 9.94 Å². The first-order valence-corrected chi connectivity index (χ1v) is 8.16. The Kier molecular flexibility index (Phi) is 4.35. The zero-order valence-electron chi connectivity index (χ0n) is 11.8. The van der Waals surface area contributed by atoms with Crippen LogP contribution in [-0.2, 0) is 4.74 Å². The van der Waals surface area contributed by atoms with E-state index in [-0.39, 0.29) is 5.84 Å². The Labute approximate surface area is 132 Å². The second-order valence-corrected chi connectivity index (χ2v) is 6.43. The maximum absolute atomic E-state index is 9.07. The van der Waals surface area contributed by atoms with Crippen molar-refractivity contribution >= 4 is 27.5 Å². The Morgan fingerprint density at radius 3 is 3.00 bits per heavy atom. The molecule has 1 aromatic carbocycles. The molecule has 5 nitrogen and oxygen atoms in total. The number of oxime groups is 1. The van der Waals surface area contributed by atoms with E-state index in [4.69, 9.17) is 15.7 Å². The molecular weight excluding hydrogens is 334 g/mol. The SMILES string of the molecule is N/C(=N/O)c1c(Br)cccc1N1CCOC2CCCCC21. The lowest BCUT2D eigenvalue weighted by atomic mass is 9.89. The number of amidine groups is 1. The smallest absolute Gasteiger partial charge is 0.173 e. The highest BCUT2D eigenvalue weighted by molar-refractivity contribution is 9.10. The number of rotatable bonds is 2. The maximum Gasteiger partial charge on any atom is 0.173 e. The highest BCUT2D eigenvalue weighted by Gasteiger charge is 2.35. The van der Waals surface area contributed by atoms with Crippen LogP contribution in [0.25, 0.3) is 0 Å². The standard InChI is InChI=1S/C15H20BrN3O2/c16-10-4-3-6-12(14(10)15(17)18-20)19-8-9-21-13-7-2-1-5-11(13)19/h3-4,6,11,13,20H,1-2,5,7-9H2,(H2,17,18). The summed E-state index contributed by atoms with van der Waals surface area (Å²) in [6, 6.07) is 6.32. The van der Waals surface area contributed by atoms with Crippen LogP contribution in [0.5, 0.6) is 0 Å². The minimum atomic E-state index is 0.135. The van der Waals surface area contributed by atoms with Gasteiger partial charge in [-0.05, 0) is 40.9 Å². The Morgan fingerprint density at radius 2 is 2.19 bits per heavy atom. The fourth-order valence-electron chi connectivity index (χ4n) is 3.45. The van der Waals surface area contributed by atoms with Crippen LogP contribution >= 0.6 is 15.9 Å². The number of ether oxygens (including phenoxy) is 1. The zero-order chi connectivity index (χ0) is 14.8. The molecule has 1 saturated carbocycles. The minimum Gasteiger partial charge on any atom is -0.409 e. The van der Waals surface area contributed by atoms with Crippen LogP contribution in [-0.4, -0.2) is 36.3 Å². The van der Waals surface area contributed by atoms with Gasteiger partial charge in [-0.3, -0.25) is 0 Å². The Morgan fingerprint density at radius 1 is 1.38 bits per heavy atom. The largest absolute Gasteiger partial charge is 0.409 e. The van der Waals surface area contributed by atoms with Crippen molar-refractivity contribution in [3.05, 3.63) is 28.2 Å². The Balaban J connectivity index is 2.01. The lowest BCUT2D eigenvalue weighted by molar-refractivity contribution is -0.00869. The van der Waals surface area contributed by atoms with E-state index in [1.54, 1.807) is 0 Å². The van der Waals surface area contributed by atoms with Crippen LogP contribution in [0.4, 0.5) is 5.69 Å². The molecule has 0 bridgehead atoms. The lowest BCUT2D eigenvalue weighted by Gasteiger charge is -2.45. The van der Waals surface area contributed by atoms with Crippen molar-refractivity contribution in [1.29, 1.82) is 0 Å². The van der Waals surface area contributed by atoms with Crippen LogP contribution in [0.15, 0.2) is 27.8 Å². The van der Waals surface area contributed by atoms with Gasteiger partial charge in [-0.1, -0.05) is 24.1 Å². The average Bonchev–Trinajstić information content (AvgIpc) is 2.53. The van der Waals surface area contributed by atoms with E-state index in [1.807, 2.05) is 18.2 Å². The monoisotopic (exact) mass is 353 g/mol. The van der Waals surface area contributed by atoms with Crippen molar-refractivity contribution in [2.24, 2.45) is 10.9 Å². The molecule has 1 aliphatic heterocycles. The van der Waals surface area contributed by atoms with Gasteiger partial charge in [0.1, 0.15) is 0 Å². The number of benzene rings is 1. The second kappa shape index (κ2) is 6.23. The minimum absolute atomic E-state index is 0.135. The van der Waals surface area contributed by atoms with E-state index in [0.29, 0.717) is 12.1 Å². The molecule has 114 valence electrons. The van der Waals surface area contributed by atoms with Crippen molar-refractivity contribution in [3.63, 3.8) is 0 Å². The summed E-state index contributed by atoms with van der Waals surface area (Å²) < 4.78 is 6.77. The molecule has 0 aromatic heterocycles. The van der Waals surface area contributed by atoms with Gasteiger partial charge >= 0.3 is 0 Å². The van der Waals surface area contributed by atoms with Gasteiger partial charge in [-0.15, -0.1) is 0 Å². The molecular formula is C15H20BrN3O2. The molecule has 1 aromatic rings. The highest BCUT2D eigenvalue weighted by atomic mass is 79.9. The molecule has 1 aliphatic carbocycles. The fraction of sp³-hybridized carbons (Fsp3) is 0.533. The van der Waals surface area contributed by atoms with E-state index in [1.165, 1.54) is 12.8 Å². The quantitative estimate of drug-likeness (QED) is 0.371. The van der Waals surface area contributed by atoms with Crippen LogP contribution in [0, 0.1) is 0 Å². The Hall–Kier alpha value is -1.27. The number of hydrogen-bond acceptors (Lipinski definition) is 4. The number of hydrogen-bond donors (Lipinski definition) is 2. The van der Waals surface area contributed by atoms with Crippen LogP contribution in [0.1, 0.15) is 31.2 Å². The van der Waals surface area contributed by atoms with Gasteiger partial charge in [-0.25, -0.2) is 0 Å².